The van der Waals surface area contributed by atoms with Gasteiger partial charge in [-0.05, 0) is 37.8 Å². The van der Waals surface area contributed by atoms with Crippen LogP contribution in [0.1, 0.15) is 40.5 Å². The van der Waals surface area contributed by atoms with Gasteiger partial charge in [0.15, 0.2) is 0 Å². The van der Waals surface area contributed by atoms with Gasteiger partial charge in [-0.3, -0.25) is 4.99 Å². The molecule has 1 heteroatoms. The van der Waals surface area contributed by atoms with Crippen molar-refractivity contribution in [1.82, 2.24) is 0 Å². The van der Waals surface area contributed by atoms with Crippen molar-refractivity contribution >= 4 is 6.21 Å². The first kappa shape index (κ1) is 10.2. The third kappa shape index (κ3) is 2.83. The summed E-state index contributed by atoms with van der Waals surface area (Å²) in [6.45, 7) is 8.65. The molecule has 0 aromatic heterocycles. The molecule has 0 N–H and O–H groups in total. The molecule has 1 heterocycles. The van der Waals surface area contributed by atoms with Crippen molar-refractivity contribution in [3.63, 3.8) is 0 Å². The van der Waals surface area contributed by atoms with Crippen LogP contribution in [0.4, 0.5) is 0 Å². The van der Waals surface area contributed by atoms with E-state index in [2.05, 4.69) is 44.8 Å². The van der Waals surface area contributed by atoms with E-state index in [1.807, 2.05) is 6.21 Å². The smallest absolute Gasteiger partial charge is 0.0737 e. The molecule has 0 saturated heterocycles. The van der Waals surface area contributed by atoms with Gasteiger partial charge in [0.25, 0.3) is 0 Å². The van der Waals surface area contributed by atoms with Crippen molar-refractivity contribution in [1.29, 1.82) is 0 Å². The molecule has 0 spiro atoms. The van der Waals surface area contributed by atoms with Gasteiger partial charge < -0.3 is 0 Å². The standard InChI is InChI=1S/C12H19N/c1-5-10-7-11(6-2)9-13-12(3,4)8-10/h7-9H,5-6H2,1-4H3. The fraction of sp³-hybridized carbons (Fsp3) is 0.583. The molecule has 1 rings (SSSR count). The van der Waals surface area contributed by atoms with E-state index < -0.39 is 0 Å². The zero-order valence-corrected chi connectivity index (χ0v) is 9.09. The fourth-order valence-electron chi connectivity index (χ4n) is 1.45. The van der Waals surface area contributed by atoms with Gasteiger partial charge in [0.05, 0.1) is 5.54 Å². The summed E-state index contributed by atoms with van der Waals surface area (Å²) in [6, 6.07) is 0. The van der Waals surface area contributed by atoms with Crippen molar-refractivity contribution in [3.05, 3.63) is 23.3 Å². The van der Waals surface area contributed by atoms with E-state index in [1.54, 1.807) is 0 Å². The monoisotopic (exact) mass is 177 g/mol. The Balaban J connectivity index is 3.00. The lowest BCUT2D eigenvalue weighted by molar-refractivity contribution is 0.656. The molecule has 0 fully saturated rings. The van der Waals surface area contributed by atoms with Crippen molar-refractivity contribution in [2.45, 2.75) is 46.1 Å². The maximum atomic E-state index is 4.54. The van der Waals surface area contributed by atoms with Gasteiger partial charge in [-0.1, -0.05) is 26.0 Å². The van der Waals surface area contributed by atoms with E-state index in [9.17, 15) is 0 Å². The number of nitrogens with zero attached hydrogens (tertiary/aromatic N) is 1. The molecule has 0 bridgehead atoms. The molecule has 0 aliphatic carbocycles. The first-order valence-electron chi connectivity index (χ1n) is 5.05. The summed E-state index contributed by atoms with van der Waals surface area (Å²) in [7, 11) is 0. The van der Waals surface area contributed by atoms with Gasteiger partial charge in [-0.2, -0.15) is 0 Å². The van der Waals surface area contributed by atoms with E-state index in [0.717, 1.165) is 12.8 Å². The van der Waals surface area contributed by atoms with Crippen LogP contribution in [-0.4, -0.2) is 11.8 Å². The van der Waals surface area contributed by atoms with Crippen LogP contribution in [0.2, 0.25) is 0 Å². The third-order valence-corrected chi connectivity index (χ3v) is 2.29. The van der Waals surface area contributed by atoms with E-state index in [1.165, 1.54) is 11.1 Å². The predicted molar refractivity (Wildman–Crippen MR) is 59.3 cm³/mol. The number of hydrogen-bond donors (Lipinski definition) is 0. The Morgan fingerprint density at radius 1 is 1.15 bits per heavy atom. The fourth-order valence-corrected chi connectivity index (χ4v) is 1.45. The van der Waals surface area contributed by atoms with Crippen LogP contribution in [0, 0.1) is 0 Å². The molecule has 0 amide bonds. The molecule has 13 heavy (non-hydrogen) atoms. The second-order valence-electron chi connectivity index (χ2n) is 4.06. The average molecular weight is 177 g/mol. The molecular formula is C12H19N. The SMILES string of the molecule is CCC1=CC(CC)=CC(C)(C)N=C1. The van der Waals surface area contributed by atoms with Crippen LogP contribution < -0.4 is 0 Å². The van der Waals surface area contributed by atoms with Crippen LogP contribution in [-0.2, 0) is 0 Å². The van der Waals surface area contributed by atoms with Crippen LogP contribution in [0.15, 0.2) is 28.3 Å². The molecule has 0 atom stereocenters. The Kier molecular flexibility index (Phi) is 3.07. The van der Waals surface area contributed by atoms with Gasteiger partial charge in [-0.25, -0.2) is 0 Å². The average Bonchev–Trinajstić information content (AvgIpc) is 2.23. The maximum Gasteiger partial charge on any atom is 0.0737 e. The highest BCUT2D eigenvalue weighted by Gasteiger charge is 2.14. The first-order chi connectivity index (χ1) is 6.07. The van der Waals surface area contributed by atoms with Crippen LogP contribution in [0.5, 0.6) is 0 Å². The minimum Gasteiger partial charge on any atom is -0.283 e. The summed E-state index contributed by atoms with van der Waals surface area (Å²) in [6.07, 6.45) is 8.69. The zero-order valence-electron chi connectivity index (χ0n) is 9.09. The third-order valence-electron chi connectivity index (χ3n) is 2.29. The normalized spacial score (nSPS) is 20.6. The van der Waals surface area contributed by atoms with E-state index in [-0.39, 0.29) is 5.54 Å². The van der Waals surface area contributed by atoms with Gasteiger partial charge >= 0.3 is 0 Å². The molecule has 0 unspecified atom stereocenters. The van der Waals surface area contributed by atoms with E-state index in [4.69, 9.17) is 0 Å². The lowest BCUT2D eigenvalue weighted by Gasteiger charge is -2.13. The van der Waals surface area contributed by atoms with Gasteiger partial charge in [-0.15, -0.1) is 0 Å². The molecular weight excluding hydrogens is 158 g/mol. The highest BCUT2D eigenvalue weighted by atomic mass is 14.8. The Bertz CT molecular complexity index is 267. The molecule has 1 nitrogen and oxygen atoms in total. The predicted octanol–water partition coefficient (Wildman–Crippen LogP) is 3.52. The zero-order chi connectivity index (χ0) is 9.90. The highest BCUT2D eigenvalue weighted by Crippen LogP contribution is 2.21. The van der Waals surface area contributed by atoms with Crippen molar-refractivity contribution in [2.24, 2.45) is 4.99 Å². The van der Waals surface area contributed by atoms with Crippen molar-refractivity contribution < 1.29 is 0 Å². The molecule has 0 saturated carbocycles. The van der Waals surface area contributed by atoms with Gasteiger partial charge in [0.2, 0.25) is 0 Å². The summed E-state index contributed by atoms with van der Waals surface area (Å²) in [5.41, 5.74) is 2.71. The molecule has 72 valence electrons. The summed E-state index contributed by atoms with van der Waals surface area (Å²) in [5, 5.41) is 0. The van der Waals surface area contributed by atoms with E-state index in [0.29, 0.717) is 0 Å². The van der Waals surface area contributed by atoms with Gasteiger partial charge in [0.1, 0.15) is 0 Å². The van der Waals surface area contributed by atoms with Crippen LogP contribution in [0.25, 0.3) is 0 Å². The number of allylic oxidation sites excluding steroid dienone is 3. The topological polar surface area (TPSA) is 12.4 Å². The molecule has 1 aliphatic rings. The Morgan fingerprint density at radius 3 is 2.31 bits per heavy atom. The lowest BCUT2D eigenvalue weighted by Crippen LogP contribution is -2.12. The van der Waals surface area contributed by atoms with Crippen LogP contribution >= 0.6 is 0 Å². The Hall–Kier alpha value is -0.850. The minimum atomic E-state index is -0.0290. The molecule has 0 aromatic rings. The van der Waals surface area contributed by atoms with Crippen LogP contribution in [0.3, 0.4) is 0 Å². The maximum absolute atomic E-state index is 4.54. The molecule has 0 aromatic carbocycles. The second-order valence-corrected chi connectivity index (χ2v) is 4.06. The van der Waals surface area contributed by atoms with Gasteiger partial charge in [0, 0.05) is 6.21 Å². The lowest BCUT2D eigenvalue weighted by atomic mass is 10.0. The van der Waals surface area contributed by atoms with E-state index >= 15 is 0 Å². The highest BCUT2D eigenvalue weighted by molar-refractivity contribution is 5.80. The summed E-state index contributed by atoms with van der Waals surface area (Å²) in [4.78, 5) is 4.54. The summed E-state index contributed by atoms with van der Waals surface area (Å²) >= 11 is 0. The first-order valence-corrected chi connectivity index (χ1v) is 5.05. The second kappa shape index (κ2) is 3.91. The summed E-state index contributed by atoms with van der Waals surface area (Å²) < 4.78 is 0. The largest absolute Gasteiger partial charge is 0.283 e. The molecule has 0 radical (unpaired) electrons. The minimum absolute atomic E-state index is 0.0290. The van der Waals surface area contributed by atoms with Crippen molar-refractivity contribution in [2.75, 3.05) is 0 Å². The van der Waals surface area contributed by atoms with Crippen molar-refractivity contribution in [3.8, 4) is 0 Å². The summed E-state index contributed by atoms with van der Waals surface area (Å²) in [5.74, 6) is 0. The molecule has 1 aliphatic heterocycles. The number of hydrogen-bond acceptors (Lipinski definition) is 1. The Morgan fingerprint density at radius 2 is 1.77 bits per heavy atom. The number of rotatable bonds is 2. The Labute approximate surface area is 81.3 Å². The quantitative estimate of drug-likeness (QED) is 0.612. The number of aliphatic imine (C=N–C) groups is 1.